The van der Waals surface area contributed by atoms with Gasteiger partial charge in [0.2, 0.25) is 0 Å². The van der Waals surface area contributed by atoms with Crippen molar-refractivity contribution in [2.75, 3.05) is 0 Å². The summed E-state index contributed by atoms with van der Waals surface area (Å²) in [5.41, 5.74) is 7.87. The van der Waals surface area contributed by atoms with Crippen LogP contribution in [0.1, 0.15) is 59.3 Å². The first kappa shape index (κ1) is 14.5. The SMILES string of the molecule is CCC(C)C(C)/C1=C/CCC/C=C\CCC1N. The lowest BCUT2D eigenvalue weighted by atomic mass is 9.81. The molecule has 0 spiro atoms. The van der Waals surface area contributed by atoms with Crippen molar-refractivity contribution < 1.29 is 0 Å². The second kappa shape index (κ2) is 7.71. The Morgan fingerprint density at radius 1 is 1.24 bits per heavy atom. The molecule has 1 nitrogen and oxygen atoms in total. The van der Waals surface area contributed by atoms with E-state index < -0.39 is 0 Å². The monoisotopic (exact) mass is 235 g/mol. The lowest BCUT2D eigenvalue weighted by molar-refractivity contribution is 0.402. The summed E-state index contributed by atoms with van der Waals surface area (Å²) in [6.45, 7) is 6.97. The predicted octanol–water partition coefficient (Wildman–Crippen LogP) is 4.44. The second-order valence-electron chi connectivity index (χ2n) is 5.46. The number of hydrogen-bond donors (Lipinski definition) is 1. The van der Waals surface area contributed by atoms with Gasteiger partial charge in [-0.15, -0.1) is 0 Å². The van der Waals surface area contributed by atoms with Crippen LogP contribution in [0.5, 0.6) is 0 Å². The lowest BCUT2D eigenvalue weighted by Gasteiger charge is -2.27. The van der Waals surface area contributed by atoms with Gasteiger partial charge in [0, 0.05) is 6.04 Å². The van der Waals surface area contributed by atoms with E-state index in [4.69, 9.17) is 5.73 Å². The standard InChI is InChI=1S/C16H29N/c1-4-13(2)14(3)15-11-9-7-5-6-8-10-12-16(15)17/h6,8,11,13-14,16H,4-5,7,9-10,12,17H2,1-3H3/b8-6-,15-11-. The first-order chi connectivity index (χ1) is 8.16. The maximum atomic E-state index is 6.36. The van der Waals surface area contributed by atoms with Gasteiger partial charge in [-0.2, -0.15) is 0 Å². The van der Waals surface area contributed by atoms with Crippen LogP contribution in [0, 0.1) is 11.8 Å². The minimum absolute atomic E-state index is 0.266. The van der Waals surface area contributed by atoms with Gasteiger partial charge in [-0.05, 0) is 43.9 Å². The zero-order valence-corrected chi connectivity index (χ0v) is 11.8. The van der Waals surface area contributed by atoms with Crippen molar-refractivity contribution in [2.24, 2.45) is 17.6 Å². The fourth-order valence-electron chi connectivity index (χ4n) is 2.54. The average molecular weight is 235 g/mol. The van der Waals surface area contributed by atoms with Gasteiger partial charge in [0.25, 0.3) is 0 Å². The molecule has 0 bridgehead atoms. The number of allylic oxidation sites excluding steroid dienone is 3. The fraction of sp³-hybridized carbons (Fsp3) is 0.750. The van der Waals surface area contributed by atoms with E-state index in [0.717, 1.165) is 18.8 Å². The zero-order chi connectivity index (χ0) is 12.7. The van der Waals surface area contributed by atoms with Gasteiger partial charge in [-0.3, -0.25) is 0 Å². The van der Waals surface area contributed by atoms with Crippen LogP contribution in [0.3, 0.4) is 0 Å². The van der Waals surface area contributed by atoms with Crippen molar-refractivity contribution in [3.63, 3.8) is 0 Å². The van der Waals surface area contributed by atoms with Gasteiger partial charge < -0.3 is 5.73 Å². The maximum Gasteiger partial charge on any atom is 0.0259 e. The molecule has 0 aromatic carbocycles. The van der Waals surface area contributed by atoms with Crippen LogP contribution >= 0.6 is 0 Å². The summed E-state index contributed by atoms with van der Waals surface area (Å²) < 4.78 is 0. The Balaban J connectivity index is 2.72. The summed E-state index contributed by atoms with van der Waals surface area (Å²) in [6.07, 6.45) is 14.2. The number of nitrogens with two attached hydrogens (primary N) is 1. The molecule has 1 aliphatic carbocycles. The molecule has 0 aliphatic heterocycles. The molecule has 3 unspecified atom stereocenters. The lowest BCUT2D eigenvalue weighted by Crippen LogP contribution is -2.28. The summed E-state index contributed by atoms with van der Waals surface area (Å²) >= 11 is 0. The second-order valence-corrected chi connectivity index (χ2v) is 5.46. The summed E-state index contributed by atoms with van der Waals surface area (Å²) in [6, 6.07) is 0.266. The smallest absolute Gasteiger partial charge is 0.0259 e. The summed E-state index contributed by atoms with van der Waals surface area (Å²) in [5, 5.41) is 0. The third kappa shape index (κ3) is 4.67. The number of rotatable bonds is 3. The molecule has 0 radical (unpaired) electrons. The molecule has 1 heteroatoms. The summed E-state index contributed by atoms with van der Waals surface area (Å²) in [4.78, 5) is 0. The van der Waals surface area contributed by atoms with Gasteiger partial charge >= 0.3 is 0 Å². The van der Waals surface area contributed by atoms with E-state index >= 15 is 0 Å². The minimum Gasteiger partial charge on any atom is -0.324 e. The largest absolute Gasteiger partial charge is 0.324 e. The molecule has 1 aliphatic rings. The highest BCUT2D eigenvalue weighted by Gasteiger charge is 2.20. The van der Waals surface area contributed by atoms with Crippen LogP contribution in [0.2, 0.25) is 0 Å². The van der Waals surface area contributed by atoms with Crippen molar-refractivity contribution in [1.82, 2.24) is 0 Å². The molecule has 3 atom stereocenters. The molecular weight excluding hydrogens is 206 g/mol. The molecule has 0 aromatic heterocycles. The highest BCUT2D eigenvalue weighted by Crippen LogP contribution is 2.27. The quantitative estimate of drug-likeness (QED) is 0.719. The Hall–Kier alpha value is -0.560. The Morgan fingerprint density at radius 2 is 1.94 bits per heavy atom. The van der Waals surface area contributed by atoms with Gasteiger partial charge in [-0.1, -0.05) is 51.0 Å². The normalized spacial score (nSPS) is 31.1. The van der Waals surface area contributed by atoms with Crippen molar-refractivity contribution >= 4 is 0 Å². The summed E-state index contributed by atoms with van der Waals surface area (Å²) in [7, 11) is 0. The van der Waals surface area contributed by atoms with Crippen LogP contribution in [0.15, 0.2) is 23.8 Å². The van der Waals surface area contributed by atoms with E-state index in [0.29, 0.717) is 5.92 Å². The highest BCUT2D eigenvalue weighted by molar-refractivity contribution is 5.15. The molecule has 0 amide bonds. The van der Waals surface area contributed by atoms with E-state index in [9.17, 15) is 0 Å². The van der Waals surface area contributed by atoms with E-state index in [1.165, 1.54) is 31.3 Å². The molecule has 0 saturated carbocycles. The first-order valence-corrected chi connectivity index (χ1v) is 7.27. The molecule has 0 saturated heterocycles. The van der Waals surface area contributed by atoms with Gasteiger partial charge in [0.15, 0.2) is 0 Å². The Morgan fingerprint density at radius 3 is 2.65 bits per heavy atom. The van der Waals surface area contributed by atoms with Crippen LogP contribution in [0.25, 0.3) is 0 Å². The van der Waals surface area contributed by atoms with Gasteiger partial charge in [-0.25, -0.2) is 0 Å². The van der Waals surface area contributed by atoms with Crippen molar-refractivity contribution in [1.29, 1.82) is 0 Å². The third-order valence-electron chi connectivity index (χ3n) is 4.22. The van der Waals surface area contributed by atoms with Crippen LogP contribution in [-0.4, -0.2) is 6.04 Å². The molecule has 98 valence electrons. The predicted molar refractivity (Wildman–Crippen MR) is 76.9 cm³/mol. The van der Waals surface area contributed by atoms with Gasteiger partial charge in [0.05, 0.1) is 0 Å². The van der Waals surface area contributed by atoms with E-state index in [-0.39, 0.29) is 6.04 Å². The minimum atomic E-state index is 0.266. The molecule has 1 rings (SSSR count). The third-order valence-corrected chi connectivity index (χ3v) is 4.22. The first-order valence-electron chi connectivity index (χ1n) is 7.27. The van der Waals surface area contributed by atoms with Crippen molar-refractivity contribution in [2.45, 2.75) is 65.3 Å². The maximum absolute atomic E-state index is 6.36. The molecule has 0 fully saturated rings. The van der Waals surface area contributed by atoms with E-state index in [1.807, 2.05) is 0 Å². The Labute approximate surface area is 107 Å². The highest BCUT2D eigenvalue weighted by atomic mass is 14.6. The summed E-state index contributed by atoms with van der Waals surface area (Å²) in [5.74, 6) is 1.38. The van der Waals surface area contributed by atoms with E-state index in [1.54, 1.807) is 0 Å². The Bertz CT molecular complexity index is 265. The molecule has 2 N–H and O–H groups in total. The fourth-order valence-corrected chi connectivity index (χ4v) is 2.54. The van der Waals surface area contributed by atoms with Crippen LogP contribution < -0.4 is 5.73 Å². The van der Waals surface area contributed by atoms with Gasteiger partial charge in [0.1, 0.15) is 0 Å². The van der Waals surface area contributed by atoms with E-state index in [2.05, 4.69) is 39.0 Å². The van der Waals surface area contributed by atoms with Crippen molar-refractivity contribution in [3.05, 3.63) is 23.8 Å². The Kier molecular flexibility index (Phi) is 6.57. The van der Waals surface area contributed by atoms with Crippen LogP contribution in [0.4, 0.5) is 0 Å². The van der Waals surface area contributed by atoms with Crippen LogP contribution in [-0.2, 0) is 0 Å². The van der Waals surface area contributed by atoms with Crippen molar-refractivity contribution in [3.8, 4) is 0 Å². The molecule has 0 aromatic rings. The number of hydrogen-bond acceptors (Lipinski definition) is 1. The topological polar surface area (TPSA) is 26.0 Å². The zero-order valence-electron chi connectivity index (χ0n) is 11.8. The average Bonchev–Trinajstić information content (AvgIpc) is 2.35. The molecule has 0 heterocycles. The molecule has 17 heavy (non-hydrogen) atoms. The molecular formula is C16H29N.